The van der Waals surface area contributed by atoms with Crippen LogP contribution in [-0.2, 0) is 0 Å². The summed E-state index contributed by atoms with van der Waals surface area (Å²) in [5.41, 5.74) is 6.49. The van der Waals surface area contributed by atoms with Crippen molar-refractivity contribution in [2.75, 3.05) is 0 Å². The molecule has 0 fully saturated rings. The summed E-state index contributed by atoms with van der Waals surface area (Å²) in [7, 11) is 0. The Morgan fingerprint density at radius 2 is 1.26 bits per heavy atom. The van der Waals surface area contributed by atoms with Gasteiger partial charge in [0.05, 0.1) is 0 Å². The fourth-order valence-electron chi connectivity index (χ4n) is 5.31. The van der Waals surface area contributed by atoms with E-state index in [1.54, 1.807) is 0 Å². The zero-order valence-electron chi connectivity index (χ0n) is 18.6. The molecule has 2 nitrogen and oxygen atoms in total. The molecule has 35 heavy (non-hydrogen) atoms. The molecule has 0 bridgehead atoms. The highest BCUT2D eigenvalue weighted by molar-refractivity contribution is 7.99. The highest BCUT2D eigenvalue weighted by Crippen LogP contribution is 2.49. The molecule has 3 heterocycles. The maximum absolute atomic E-state index is 6.44. The quantitative estimate of drug-likeness (QED) is 0.254. The van der Waals surface area contributed by atoms with Crippen molar-refractivity contribution in [2.45, 2.75) is 9.79 Å². The van der Waals surface area contributed by atoms with Gasteiger partial charge in [-0.25, -0.2) is 0 Å². The van der Waals surface area contributed by atoms with Crippen LogP contribution in [0.15, 0.2) is 128 Å². The minimum Gasteiger partial charge on any atom is -0.456 e. The van der Waals surface area contributed by atoms with Gasteiger partial charge in [0.15, 0.2) is 0 Å². The minimum atomic E-state index is 0.836. The van der Waals surface area contributed by atoms with Gasteiger partial charge in [-0.3, -0.25) is 0 Å². The third kappa shape index (κ3) is 2.79. The lowest BCUT2D eigenvalue weighted by molar-refractivity contribution is 0.597. The third-order valence-corrected chi connectivity index (χ3v) is 8.07. The van der Waals surface area contributed by atoms with Gasteiger partial charge < -0.3 is 8.83 Å². The molecule has 0 radical (unpaired) electrons. The zero-order valence-corrected chi connectivity index (χ0v) is 19.4. The van der Waals surface area contributed by atoms with Gasteiger partial charge in [-0.2, -0.15) is 0 Å². The van der Waals surface area contributed by atoms with E-state index in [2.05, 4.69) is 91.0 Å². The first kappa shape index (κ1) is 19.1. The molecule has 0 saturated carbocycles. The van der Waals surface area contributed by atoms with Crippen LogP contribution in [0.2, 0.25) is 0 Å². The van der Waals surface area contributed by atoms with Gasteiger partial charge >= 0.3 is 0 Å². The minimum absolute atomic E-state index is 0.836. The summed E-state index contributed by atoms with van der Waals surface area (Å²) in [4.78, 5) is 2.60. The van der Waals surface area contributed by atoms with E-state index in [9.17, 15) is 0 Å². The van der Waals surface area contributed by atoms with Gasteiger partial charge in [0.1, 0.15) is 22.7 Å². The second-order valence-corrected chi connectivity index (χ2v) is 9.99. The SMILES string of the molecule is c1ccc2c(c1)Sc1ccc(-c3ccc(-c4ccc5c(c4)oc4ccccc45)o3)c3cccc-2c13. The van der Waals surface area contributed by atoms with Crippen molar-refractivity contribution >= 4 is 44.5 Å². The first-order chi connectivity index (χ1) is 17.3. The first-order valence-corrected chi connectivity index (χ1v) is 12.5. The van der Waals surface area contributed by atoms with E-state index in [1.807, 2.05) is 30.0 Å². The molecule has 0 atom stereocenters. The fourth-order valence-corrected chi connectivity index (χ4v) is 6.44. The van der Waals surface area contributed by atoms with Crippen LogP contribution < -0.4 is 0 Å². The largest absolute Gasteiger partial charge is 0.456 e. The van der Waals surface area contributed by atoms with Crippen LogP contribution in [0.1, 0.15) is 0 Å². The summed E-state index contributed by atoms with van der Waals surface area (Å²) in [6.07, 6.45) is 0. The Bertz CT molecular complexity index is 1940. The summed E-state index contributed by atoms with van der Waals surface area (Å²) in [5, 5.41) is 4.78. The molecule has 0 amide bonds. The molecule has 0 aliphatic carbocycles. The lowest BCUT2D eigenvalue weighted by atomic mass is 9.94. The van der Waals surface area contributed by atoms with Gasteiger partial charge in [0, 0.05) is 37.1 Å². The van der Waals surface area contributed by atoms with Crippen LogP contribution in [0.3, 0.4) is 0 Å². The summed E-state index contributed by atoms with van der Waals surface area (Å²) >= 11 is 1.84. The number of furan rings is 2. The van der Waals surface area contributed by atoms with Crippen molar-refractivity contribution in [3.8, 4) is 33.8 Å². The van der Waals surface area contributed by atoms with Gasteiger partial charge in [0.25, 0.3) is 0 Å². The van der Waals surface area contributed by atoms with Gasteiger partial charge in [-0.15, -0.1) is 0 Å². The topological polar surface area (TPSA) is 26.3 Å². The normalized spacial score (nSPS) is 12.5. The molecular formula is C32H18O2S. The molecule has 5 aromatic carbocycles. The number of hydrogen-bond acceptors (Lipinski definition) is 3. The first-order valence-electron chi connectivity index (χ1n) is 11.7. The summed E-state index contributed by atoms with van der Waals surface area (Å²) in [5.74, 6) is 1.71. The van der Waals surface area contributed by atoms with E-state index in [0.29, 0.717) is 0 Å². The predicted octanol–water partition coefficient (Wildman–Crippen LogP) is 9.80. The van der Waals surface area contributed by atoms with Gasteiger partial charge in [-0.05, 0) is 65.0 Å². The molecule has 1 aliphatic rings. The van der Waals surface area contributed by atoms with E-state index in [1.165, 1.54) is 31.7 Å². The van der Waals surface area contributed by atoms with Crippen molar-refractivity contribution in [3.63, 3.8) is 0 Å². The molecule has 1 aliphatic heterocycles. The van der Waals surface area contributed by atoms with Crippen LogP contribution in [0.25, 0.3) is 66.5 Å². The van der Waals surface area contributed by atoms with E-state index >= 15 is 0 Å². The Kier molecular flexibility index (Phi) is 3.91. The Morgan fingerprint density at radius 3 is 2.26 bits per heavy atom. The predicted molar refractivity (Wildman–Crippen MR) is 144 cm³/mol. The molecule has 0 unspecified atom stereocenters. The van der Waals surface area contributed by atoms with Crippen LogP contribution in [0, 0.1) is 0 Å². The molecule has 2 aromatic heterocycles. The van der Waals surface area contributed by atoms with Crippen molar-refractivity contribution in [1.82, 2.24) is 0 Å². The number of para-hydroxylation sites is 1. The van der Waals surface area contributed by atoms with Crippen molar-refractivity contribution < 1.29 is 8.83 Å². The van der Waals surface area contributed by atoms with Crippen LogP contribution in [0.5, 0.6) is 0 Å². The van der Waals surface area contributed by atoms with E-state index in [4.69, 9.17) is 8.83 Å². The maximum atomic E-state index is 6.44. The van der Waals surface area contributed by atoms with Crippen molar-refractivity contribution in [3.05, 3.63) is 109 Å². The lowest BCUT2D eigenvalue weighted by Gasteiger charge is -2.21. The fraction of sp³-hybridized carbons (Fsp3) is 0. The number of benzene rings is 5. The Labute approximate surface area is 205 Å². The molecule has 7 aromatic rings. The van der Waals surface area contributed by atoms with E-state index in [-0.39, 0.29) is 0 Å². The molecule has 164 valence electrons. The summed E-state index contributed by atoms with van der Waals surface area (Å²) < 4.78 is 12.5. The Morgan fingerprint density at radius 1 is 0.457 bits per heavy atom. The molecule has 8 rings (SSSR count). The molecular weight excluding hydrogens is 448 g/mol. The van der Waals surface area contributed by atoms with Gasteiger partial charge in [0.2, 0.25) is 0 Å². The van der Waals surface area contributed by atoms with Crippen LogP contribution in [0.4, 0.5) is 0 Å². The molecule has 0 N–H and O–H groups in total. The Balaban J connectivity index is 1.26. The van der Waals surface area contributed by atoms with Crippen LogP contribution in [-0.4, -0.2) is 0 Å². The highest BCUT2D eigenvalue weighted by atomic mass is 32.2. The smallest absolute Gasteiger partial charge is 0.136 e. The second kappa shape index (κ2) is 7.14. The highest BCUT2D eigenvalue weighted by Gasteiger charge is 2.21. The number of fused-ring (bicyclic) bond motifs is 5. The number of rotatable bonds is 2. The average molecular weight is 467 g/mol. The third-order valence-electron chi connectivity index (χ3n) is 6.93. The number of hydrogen-bond donors (Lipinski definition) is 0. The molecule has 0 spiro atoms. The standard InChI is InChI=1S/C32H18O2S/c1-3-10-27-20(6-1)21-13-12-19(18-29(21)34-27)26-15-16-28(33-26)22-14-17-31-32-24(22)8-5-9-25(32)23-7-2-4-11-30(23)35-31/h1-18H. The monoisotopic (exact) mass is 466 g/mol. The van der Waals surface area contributed by atoms with Crippen LogP contribution >= 0.6 is 11.8 Å². The van der Waals surface area contributed by atoms with E-state index < -0.39 is 0 Å². The van der Waals surface area contributed by atoms with Gasteiger partial charge in [-0.1, -0.05) is 72.4 Å². The Hall–Kier alpha value is -4.21. The summed E-state index contributed by atoms with van der Waals surface area (Å²) in [6, 6.07) is 38.2. The second-order valence-electron chi connectivity index (χ2n) is 8.91. The average Bonchev–Trinajstić information content (AvgIpc) is 3.54. The van der Waals surface area contributed by atoms with Crippen molar-refractivity contribution in [1.29, 1.82) is 0 Å². The van der Waals surface area contributed by atoms with E-state index in [0.717, 1.165) is 44.6 Å². The van der Waals surface area contributed by atoms with Crippen molar-refractivity contribution in [2.24, 2.45) is 0 Å². The zero-order chi connectivity index (χ0) is 22.9. The molecule has 0 saturated heterocycles. The molecule has 3 heteroatoms. The summed E-state index contributed by atoms with van der Waals surface area (Å²) in [6.45, 7) is 0. The lowest BCUT2D eigenvalue weighted by Crippen LogP contribution is -1.93. The maximum Gasteiger partial charge on any atom is 0.136 e.